The van der Waals surface area contributed by atoms with Gasteiger partial charge >= 0.3 is 0 Å². The maximum atomic E-state index is 11.2. The molecule has 1 unspecified atom stereocenters. The van der Waals surface area contributed by atoms with E-state index in [4.69, 9.17) is 0 Å². The SMILES string of the molecule is CCCCCSC(CCC)C(C)=O. The molecule has 0 aliphatic heterocycles. The lowest BCUT2D eigenvalue weighted by Crippen LogP contribution is -2.13. The van der Waals surface area contributed by atoms with Crippen LogP contribution >= 0.6 is 11.8 Å². The van der Waals surface area contributed by atoms with Crippen LogP contribution in [0.2, 0.25) is 0 Å². The van der Waals surface area contributed by atoms with Gasteiger partial charge in [-0.05, 0) is 25.5 Å². The molecule has 0 aromatic heterocycles. The molecule has 78 valence electrons. The van der Waals surface area contributed by atoms with Gasteiger partial charge < -0.3 is 0 Å². The van der Waals surface area contributed by atoms with Crippen molar-refractivity contribution < 1.29 is 4.79 Å². The van der Waals surface area contributed by atoms with E-state index in [1.807, 2.05) is 11.8 Å². The van der Waals surface area contributed by atoms with E-state index in [2.05, 4.69) is 13.8 Å². The van der Waals surface area contributed by atoms with Crippen LogP contribution < -0.4 is 0 Å². The summed E-state index contributed by atoms with van der Waals surface area (Å²) >= 11 is 1.84. The van der Waals surface area contributed by atoms with Gasteiger partial charge in [0.2, 0.25) is 0 Å². The van der Waals surface area contributed by atoms with Crippen LogP contribution in [0.5, 0.6) is 0 Å². The maximum Gasteiger partial charge on any atom is 0.142 e. The highest BCUT2D eigenvalue weighted by atomic mass is 32.2. The number of unbranched alkanes of at least 4 members (excludes halogenated alkanes) is 2. The highest BCUT2D eigenvalue weighted by Crippen LogP contribution is 2.19. The van der Waals surface area contributed by atoms with Gasteiger partial charge in [0.25, 0.3) is 0 Å². The van der Waals surface area contributed by atoms with Crippen LogP contribution in [0.4, 0.5) is 0 Å². The van der Waals surface area contributed by atoms with Gasteiger partial charge in [-0.25, -0.2) is 0 Å². The van der Waals surface area contributed by atoms with Crippen molar-refractivity contribution >= 4 is 17.5 Å². The molecule has 0 spiro atoms. The van der Waals surface area contributed by atoms with Crippen LogP contribution in [0.15, 0.2) is 0 Å². The highest BCUT2D eigenvalue weighted by molar-refractivity contribution is 8.00. The summed E-state index contributed by atoms with van der Waals surface area (Å²) in [5.74, 6) is 1.50. The molecule has 0 saturated heterocycles. The zero-order chi connectivity index (χ0) is 10.1. The largest absolute Gasteiger partial charge is 0.299 e. The second-order valence-electron chi connectivity index (χ2n) is 3.47. The number of hydrogen-bond donors (Lipinski definition) is 0. The predicted octanol–water partition coefficient (Wildman–Crippen LogP) is 3.67. The summed E-state index contributed by atoms with van der Waals surface area (Å²) in [7, 11) is 0. The molecule has 2 heteroatoms. The maximum absolute atomic E-state index is 11.2. The fraction of sp³-hybridized carbons (Fsp3) is 0.909. The van der Waals surface area contributed by atoms with Crippen molar-refractivity contribution in [1.82, 2.24) is 0 Å². The molecule has 0 fully saturated rings. The van der Waals surface area contributed by atoms with Crippen LogP contribution in [-0.4, -0.2) is 16.8 Å². The Balaban J connectivity index is 3.51. The van der Waals surface area contributed by atoms with Crippen LogP contribution in [0.3, 0.4) is 0 Å². The summed E-state index contributed by atoms with van der Waals surface area (Å²) in [4.78, 5) is 11.2. The number of ketones is 1. The average Bonchev–Trinajstić information content (AvgIpc) is 2.10. The minimum atomic E-state index is 0.266. The number of rotatable bonds is 8. The zero-order valence-corrected chi connectivity index (χ0v) is 9.95. The van der Waals surface area contributed by atoms with Crippen molar-refractivity contribution in [3.63, 3.8) is 0 Å². The summed E-state index contributed by atoms with van der Waals surface area (Å²) in [6, 6.07) is 0. The molecule has 0 aliphatic carbocycles. The lowest BCUT2D eigenvalue weighted by Gasteiger charge is -2.11. The number of hydrogen-bond acceptors (Lipinski definition) is 2. The van der Waals surface area contributed by atoms with Crippen molar-refractivity contribution in [3.8, 4) is 0 Å². The zero-order valence-electron chi connectivity index (χ0n) is 9.14. The van der Waals surface area contributed by atoms with Crippen LogP contribution in [-0.2, 0) is 4.79 Å². The van der Waals surface area contributed by atoms with Gasteiger partial charge in [-0.1, -0.05) is 33.1 Å². The molecule has 0 aromatic rings. The molecule has 0 saturated carbocycles. The second-order valence-corrected chi connectivity index (χ2v) is 4.78. The number of carbonyl (C=O) groups is 1. The molecule has 0 N–H and O–H groups in total. The minimum Gasteiger partial charge on any atom is -0.299 e. The first kappa shape index (κ1) is 13.0. The monoisotopic (exact) mass is 202 g/mol. The second kappa shape index (κ2) is 8.61. The summed E-state index contributed by atoms with van der Waals surface area (Å²) in [5, 5.41) is 0.266. The van der Waals surface area contributed by atoms with Crippen LogP contribution in [0.1, 0.15) is 52.9 Å². The van der Waals surface area contributed by atoms with E-state index in [9.17, 15) is 4.79 Å². The average molecular weight is 202 g/mol. The third kappa shape index (κ3) is 7.12. The fourth-order valence-electron chi connectivity index (χ4n) is 1.24. The molecule has 0 amide bonds. The van der Waals surface area contributed by atoms with E-state index in [1.54, 1.807) is 6.92 Å². The Labute approximate surface area is 86.7 Å². The van der Waals surface area contributed by atoms with Gasteiger partial charge in [0.05, 0.1) is 5.25 Å². The first-order valence-corrected chi connectivity index (χ1v) is 6.39. The Morgan fingerprint density at radius 2 is 1.92 bits per heavy atom. The van der Waals surface area contributed by atoms with Crippen LogP contribution in [0.25, 0.3) is 0 Å². The van der Waals surface area contributed by atoms with E-state index >= 15 is 0 Å². The van der Waals surface area contributed by atoms with Gasteiger partial charge in [-0.2, -0.15) is 11.8 Å². The fourth-order valence-corrected chi connectivity index (χ4v) is 2.54. The van der Waals surface area contributed by atoms with Crippen LogP contribution in [0, 0.1) is 0 Å². The first-order valence-electron chi connectivity index (χ1n) is 5.34. The molecule has 1 atom stereocenters. The predicted molar refractivity (Wildman–Crippen MR) is 61.4 cm³/mol. The van der Waals surface area contributed by atoms with Gasteiger partial charge in [0.1, 0.15) is 5.78 Å². The number of carbonyl (C=O) groups excluding carboxylic acids is 1. The van der Waals surface area contributed by atoms with Gasteiger partial charge in [0.15, 0.2) is 0 Å². The molecular weight excluding hydrogens is 180 g/mol. The Bertz CT molecular complexity index is 134. The summed E-state index contributed by atoms with van der Waals surface area (Å²) < 4.78 is 0. The van der Waals surface area contributed by atoms with Crippen molar-refractivity contribution in [2.45, 2.75) is 58.1 Å². The third-order valence-corrected chi connectivity index (χ3v) is 3.57. The van der Waals surface area contributed by atoms with Gasteiger partial charge in [-0.15, -0.1) is 0 Å². The molecule has 0 aromatic carbocycles. The normalized spacial score (nSPS) is 12.8. The molecular formula is C11H22OS. The lowest BCUT2D eigenvalue weighted by atomic mass is 10.2. The van der Waals surface area contributed by atoms with Crippen molar-refractivity contribution in [3.05, 3.63) is 0 Å². The molecule has 0 heterocycles. The molecule has 0 aliphatic rings. The van der Waals surface area contributed by atoms with Gasteiger partial charge in [-0.3, -0.25) is 4.79 Å². The van der Waals surface area contributed by atoms with Crippen molar-refractivity contribution in [2.24, 2.45) is 0 Å². The van der Waals surface area contributed by atoms with E-state index in [-0.39, 0.29) is 5.25 Å². The standard InChI is InChI=1S/C11H22OS/c1-4-6-7-9-13-11(8-5-2)10(3)12/h11H,4-9H2,1-3H3. The first-order chi connectivity index (χ1) is 6.22. The third-order valence-electron chi connectivity index (χ3n) is 2.07. The lowest BCUT2D eigenvalue weighted by molar-refractivity contribution is -0.116. The van der Waals surface area contributed by atoms with Crippen molar-refractivity contribution in [2.75, 3.05) is 5.75 Å². The van der Waals surface area contributed by atoms with E-state index in [1.165, 1.54) is 19.3 Å². The summed E-state index contributed by atoms with van der Waals surface area (Å²) in [6.45, 7) is 6.06. The minimum absolute atomic E-state index is 0.266. The molecule has 0 rings (SSSR count). The Morgan fingerprint density at radius 3 is 2.38 bits per heavy atom. The quantitative estimate of drug-likeness (QED) is 0.559. The van der Waals surface area contributed by atoms with Gasteiger partial charge in [0, 0.05) is 0 Å². The molecule has 0 bridgehead atoms. The van der Waals surface area contributed by atoms with E-state index in [0.29, 0.717) is 5.78 Å². The molecule has 0 radical (unpaired) electrons. The molecule has 1 nitrogen and oxygen atoms in total. The van der Waals surface area contributed by atoms with Crippen molar-refractivity contribution in [1.29, 1.82) is 0 Å². The number of Topliss-reactive ketones (excluding diaryl/α,β-unsaturated/α-hetero) is 1. The van der Waals surface area contributed by atoms with E-state index in [0.717, 1.165) is 18.6 Å². The Kier molecular flexibility index (Phi) is 8.62. The summed E-state index contributed by atoms with van der Waals surface area (Å²) in [5.41, 5.74) is 0. The summed E-state index contributed by atoms with van der Waals surface area (Å²) in [6.07, 6.45) is 5.98. The topological polar surface area (TPSA) is 17.1 Å². The van der Waals surface area contributed by atoms with E-state index < -0.39 is 0 Å². The molecule has 13 heavy (non-hydrogen) atoms. The Morgan fingerprint density at radius 1 is 1.23 bits per heavy atom. The smallest absolute Gasteiger partial charge is 0.142 e. The Hall–Kier alpha value is 0.0200. The highest BCUT2D eigenvalue weighted by Gasteiger charge is 2.12. The number of thioether (sulfide) groups is 1.